The molecule has 4 rings (SSSR count). The lowest BCUT2D eigenvalue weighted by atomic mass is 9.89. The van der Waals surface area contributed by atoms with Crippen molar-refractivity contribution < 1.29 is 19.4 Å². The van der Waals surface area contributed by atoms with Crippen LogP contribution in [0.25, 0.3) is 11.1 Å². The molecule has 0 spiro atoms. The van der Waals surface area contributed by atoms with Gasteiger partial charge < -0.3 is 20.1 Å². The highest BCUT2D eigenvalue weighted by Gasteiger charge is 2.33. The Labute approximate surface area is 181 Å². The zero-order valence-electron chi connectivity index (χ0n) is 18.0. The van der Waals surface area contributed by atoms with E-state index in [1.54, 1.807) is 4.90 Å². The van der Waals surface area contributed by atoms with Crippen molar-refractivity contribution in [1.82, 2.24) is 20.0 Å². The number of aromatic nitrogens is 2. The van der Waals surface area contributed by atoms with Gasteiger partial charge in [-0.25, -0.2) is 4.79 Å². The highest BCUT2D eigenvalue weighted by atomic mass is 16.5. The number of morpholine rings is 1. The Balaban J connectivity index is 1.56. The van der Waals surface area contributed by atoms with E-state index in [0.29, 0.717) is 6.42 Å². The summed E-state index contributed by atoms with van der Waals surface area (Å²) in [6, 6.07) is 5.39. The van der Waals surface area contributed by atoms with Crippen molar-refractivity contribution in [2.45, 2.75) is 38.9 Å². The molecule has 3 heterocycles. The zero-order valence-corrected chi connectivity index (χ0v) is 18.0. The van der Waals surface area contributed by atoms with Crippen LogP contribution in [0.3, 0.4) is 0 Å². The van der Waals surface area contributed by atoms with Crippen molar-refractivity contribution in [1.29, 1.82) is 0 Å². The second-order valence-electron chi connectivity index (χ2n) is 8.20. The van der Waals surface area contributed by atoms with Crippen LogP contribution >= 0.6 is 0 Å². The maximum Gasteiger partial charge on any atom is 0.405 e. The topological polar surface area (TPSA) is 99.9 Å². The molecule has 2 aliphatic heterocycles. The van der Waals surface area contributed by atoms with Crippen LogP contribution < -0.4 is 10.2 Å². The highest BCUT2D eigenvalue weighted by Crippen LogP contribution is 2.39. The van der Waals surface area contributed by atoms with Gasteiger partial charge in [0.05, 0.1) is 32.0 Å². The normalized spacial score (nSPS) is 21.5. The molecule has 1 saturated heterocycles. The molecule has 1 fully saturated rings. The Morgan fingerprint density at radius 1 is 1.23 bits per heavy atom. The van der Waals surface area contributed by atoms with Gasteiger partial charge >= 0.3 is 6.09 Å². The number of hydrogen-bond acceptors (Lipinski definition) is 5. The highest BCUT2D eigenvalue weighted by molar-refractivity contribution is 5.94. The monoisotopic (exact) mass is 427 g/mol. The van der Waals surface area contributed by atoms with Crippen LogP contribution in [0.5, 0.6) is 0 Å². The van der Waals surface area contributed by atoms with E-state index in [0.717, 1.165) is 61.8 Å². The van der Waals surface area contributed by atoms with Crippen molar-refractivity contribution in [3.05, 3.63) is 36.2 Å². The molecule has 0 saturated carbocycles. The Hall–Kier alpha value is -2.91. The summed E-state index contributed by atoms with van der Waals surface area (Å²) in [5.41, 5.74) is 3.49. The summed E-state index contributed by atoms with van der Waals surface area (Å²) < 4.78 is 7.32. The molecule has 31 heavy (non-hydrogen) atoms. The maximum absolute atomic E-state index is 12.2. The summed E-state index contributed by atoms with van der Waals surface area (Å²) in [5, 5.41) is 16.4. The number of carbonyl (C=O) groups is 2. The predicted molar refractivity (Wildman–Crippen MR) is 116 cm³/mol. The molecule has 2 aromatic rings. The van der Waals surface area contributed by atoms with Crippen LogP contribution in [-0.4, -0.2) is 70.7 Å². The summed E-state index contributed by atoms with van der Waals surface area (Å²) in [6.45, 7) is 8.64. The van der Waals surface area contributed by atoms with Gasteiger partial charge in [-0.05, 0) is 36.6 Å². The lowest BCUT2D eigenvalue weighted by molar-refractivity contribution is -0.117. The molecular weight excluding hydrogens is 398 g/mol. The SMILES string of the molecule is CC(=O)N1c2ccc(-c3cnn(CCN4CCOCC4)c3)cc2[C@@H](NC(=O)O)C[C@H]1C. The number of carbonyl (C=O) groups excluding carboxylic acids is 1. The second-order valence-corrected chi connectivity index (χ2v) is 8.20. The first kappa shape index (κ1) is 21.3. The number of ether oxygens (including phenoxy) is 1. The van der Waals surface area contributed by atoms with E-state index in [2.05, 4.69) is 15.3 Å². The van der Waals surface area contributed by atoms with Crippen molar-refractivity contribution in [3.63, 3.8) is 0 Å². The number of hydrogen-bond donors (Lipinski definition) is 2. The van der Waals surface area contributed by atoms with Crippen LogP contribution in [0, 0.1) is 0 Å². The van der Waals surface area contributed by atoms with Crippen LogP contribution in [0.4, 0.5) is 10.5 Å². The molecular formula is C22H29N5O4. The van der Waals surface area contributed by atoms with Gasteiger partial charge in [0.15, 0.2) is 0 Å². The lowest BCUT2D eigenvalue weighted by Crippen LogP contribution is -2.45. The molecule has 9 nitrogen and oxygen atoms in total. The van der Waals surface area contributed by atoms with Gasteiger partial charge in [0.25, 0.3) is 0 Å². The number of benzene rings is 1. The molecule has 1 aromatic carbocycles. The van der Waals surface area contributed by atoms with E-state index in [1.165, 1.54) is 6.92 Å². The van der Waals surface area contributed by atoms with Crippen molar-refractivity contribution in [3.8, 4) is 11.1 Å². The van der Waals surface area contributed by atoms with Gasteiger partial charge in [0.1, 0.15) is 0 Å². The average Bonchev–Trinajstić information content (AvgIpc) is 3.21. The lowest BCUT2D eigenvalue weighted by Gasteiger charge is -2.39. The average molecular weight is 428 g/mol. The first-order chi connectivity index (χ1) is 14.9. The van der Waals surface area contributed by atoms with Crippen LogP contribution in [0.2, 0.25) is 0 Å². The predicted octanol–water partition coefficient (Wildman–Crippen LogP) is 2.34. The van der Waals surface area contributed by atoms with E-state index in [4.69, 9.17) is 4.74 Å². The van der Waals surface area contributed by atoms with Gasteiger partial charge in [-0.3, -0.25) is 14.4 Å². The Bertz CT molecular complexity index is 953. The summed E-state index contributed by atoms with van der Waals surface area (Å²) in [4.78, 5) is 27.7. The summed E-state index contributed by atoms with van der Waals surface area (Å²) >= 11 is 0. The summed E-state index contributed by atoms with van der Waals surface area (Å²) in [7, 11) is 0. The van der Waals surface area contributed by atoms with Crippen molar-refractivity contribution in [2.75, 3.05) is 37.7 Å². The van der Waals surface area contributed by atoms with Crippen molar-refractivity contribution in [2.24, 2.45) is 0 Å². The van der Waals surface area contributed by atoms with E-state index in [-0.39, 0.29) is 18.0 Å². The Morgan fingerprint density at radius 3 is 2.71 bits per heavy atom. The van der Waals surface area contributed by atoms with E-state index < -0.39 is 6.09 Å². The minimum atomic E-state index is -1.07. The third kappa shape index (κ3) is 4.72. The summed E-state index contributed by atoms with van der Waals surface area (Å²) in [6.07, 6.45) is 3.30. The molecule has 0 unspecified atom stereocenters. The van der Waals surface area contributed by atoms with Gasteiger partial charge in [0, 0.05) is 50.0 Å². The molecule has 0 aliphatic carbocycles. The first-order valence-electron chi connectivity index (χ1n) is 10.7. The molecule has 166 valence electrons. The minimum absolute atomic E-state index is 0.0498. The van der Waals surface area contributed by atoms with Gasteiger partial charge in [-0.15, -0.1) is 0 Å². The minimum Gasteiger partial charge on any atom is -0.465 e. The third-order valence-electron chi connectivity index (χ3n) is 6.03. The first-order valence-corrected chi connectivity index (χ1v) is 10.7. The van der Waals surface area contributed by atoms with Crippen LogP contribution in [0.1, 0.15) is 31.9 Å². The molecule has 2 N–H and O–H groups in total. The summed E-state index contributed by atoms with van der Waals surface area (Å²) in [5.74, 6) is -0.0498. The number of amides is 2. The molecule has 0 radical (unpaired) electrons. The van der Waals surface area contributed by atoms with Gasteiger partial charge in [-0.2, -0.15) is 5.10 Å². The second kappa shape index (κ2) is 9.07. The van der Waals surface area contributed by atoms with Crippen LogP contribution in [0.15, 0.2) is 30.6 Å². The van der Waals surface area contributed by atoms with E-state index in [9.17, 15) is 14.7 Å². The Kier molecular flexibility index (Phi) is 6.24. The van der Waals surface area contributed by atoms with E-state index in [1.807, 2.05) is 42.2 Å². The smallest absolute Gasteiger partial charge is 0.405 e. The quantitative estimate of drug-likeness (QED) is 0.760. The fraction of sp³-hybridized carbons (Fsp3) is 0.500. The molecule has 2 amide bonds. The number of nitrogens with one attached hydrogen (secondary N) is 1. The van der Waals surface area contributed by atoms with Crippen molar-refractivity contribution >= 4 is 17.7 Å². The molecule has 9 heteroatoms. The van der Waals surface area contributed by atoms with E-state index >= 15 is 0 Å². The standard InChI is InChI=1S/C22H29N5O4/c1-15-11-20(24-22(29)30)19-12-17(3-4-21(19)27(15)16(2)28)18-13-23-26(14-18)6-5-25-7-9-31-10-8-25/h3-4,12-15,20,24H,5-11H2,1-2H3,(H,29,30)/t15-,20+/m1/s1. The molecule has 2 aliphatic rings. The molecule has 1 aromatic heterocycles. The number of anilines is 1. The van der Waals surface area contributed by atoms with Gasteiger partial charge in [-0.1, -0.05) is 6.07 Å². The number of carboxylic acid groups (broad SMARTS) is 1. The number of fused-ring (bicyclic) bond motifs is 1. The number of rotatable bonds is 5. The molecule has 0 bridgehead atoms. The fourth-order valence-corrected chi connectivity index (χ4v) is 4.51. The molecule has 2 atom stereocenters. The Morgan fingerprint density at radius 2 is 2.00 bits per heavy atom. The third-order valence-corrected chi connectivity index (χ3v) is 6.03. The largest absolute Gasteiger partial charge is 0.465 e. The zero-order chi connectivity index (χ0) is 22.0. The van der Waals surface area contributed by atoms with Crippen LogP contribution in [-0.2, 0) is 16.1 Å². The maximum atomic E-state index is 12.2. The van der Waals surface area contributed by atoms with Gasteiger partial charge in [0.2, 0.25) is 5.91 Å². The number of nitrogens with zero attached hydrogens (tertiary/aromatic N) is 4. The fourth-order valence-electron chi connectivity index (χ4n) is 4.51.